The number of amides is 2. The molecule has 6 heteroatoms. The van der Waals surface area contributed by atoms with Crippen molar-refractivity contribution in [1.82, 2.24) is 9.69 Å². The molecule has 1 atom stereocenters. The number of hydrogen-bond donors (Lipinski definition) is 2. The van der Waals surface area contributed by atoms with E-state index < -0.39 is 17.9 Å². The highest BCUT2D eigenvalue weighted by Gasteiger charge is 2.23. The molecule has 5 nitrogen and oxygen atoms in total. The van der Waals surface area contributed by atoms with Crippen LogP contribution in [0.1, 0.15) is 22.1 Å². The standard InChI is InChI=1S/C20H15N3O2S/c21-19(24)17(14-10-9-12-5-1-2-6-13(12)11-14)22-20(25)18-15-7-3-4-8-16(15)26-23-18/h1-11,17H,(H2,21,24)(H,22,25). The van der Waals surface area contributed by atoms with Gasteiger partial charge in [0.25, 0.3) is 5.91 Å². The maximum absolute atomic E-state index is 12.7. The third kappa shape index (κ3) is 2.91. The van der Waals surface area contributed by atoms with E-state index in [9.17, 15) is 9.59 Å². The molecule has 0 saturated heterocycles. The molecule has 1 aromatic heterocycles. The molecule has 3 aromatic carbocycles. The zero-order valence-electron chi connectivity index (χ0n) is 13.7. The number of fused-ring (bicyclic) bond motifs is 2. The number of aromatic nitrogens is 1. The normalized spacial score (nSPS) is 12.2. The van der Waals surface area contributed by atoms with Gasteiger partial charge in [0, 0.05) is 5.39 Å². The van der Waals surface area contributed by atoms with Crippen LogP contribution in [0.25, 0.3) is 20.9 Å². The minimum Gasteiger partial charge on any atom is -0.368 e. The second-order valence-corrected chi connectivity index (χ2v) is 6.75. The molecule has 0 saturated carbocycles. The third-order valence-electron chi connectivity index (χ3n) is 4.26. The summed E-state index contributed by atoms with van der Waals surface area (Å²) in [5.41, 5.74) is 6.50. The van der Waals surface area contributed by atoms with Gasteiger partial charge in [0.05, 0.1) is 4.70 Å². The van der Waals surface area contributed by atoms with E-state index in [1.165, 1.54) is 11.5 Å². The van der Waals surface area contributed by atoms with E-state index >= 15 is 0 Å². The van der Waals surface area contributed by atoms with Gasteiger partial charge in [0.1, 0.15) is 11.7 Å². The predicted molar refractivity (Wildman–Crippen MR) is 103 cm³/mol. The average molecular weight is 361 g/mol. The van der Waals surface area contributed by atoms with Crippen LogP contribution < -0.4 is 11.1 Å². The van der Waals surface area contributed by atoms with Crippen LogP contribution in [0.4, 0.5) is 0 Å². The molecule has 0 fully saturated rings. The van der Waals surface area contributed by atoms with E-state index in [2.05, 4.69) is 9.69 Å². The molecule has 0 aliphatic rings. The van der Waals surface area contributed by atoms with Crippen molar-refractivity contribution in [2.75, 3.05) is 0 Å². The minimum atomic E-state index is -0.924. The summed E-state index contributed by atoms with van der Waals surface area (Å²) < 4.78 is 5.14. The molecule has 128 valence electrons. The van der Waals surface area contributed by atoms with Crippen LogP contribution >= 0.6 is 11.5 Å². The Morgan fingerprint density at radius 3 is 2.50 bits per heavy atom. The fraction of sp³-hybridized carbons (Fsp3) is 0.0500. The summed E-state index contributed by atoms with van der Waals surface area (Å²) in [6, 6.07) is 19.9. The van der Waals surface area contributed by atoms with E-state index in [1.807, 2.05) is 60.7 Å². The van der Waals surface area contributed by atoms with Gasteiger partial charge in [-0.25, -0.2) is 0 Å². The van der Waals surface area contributed by atoms with Crippen LogP contribution in [0.3, 0.4) is 0 Å². The number of carbonyl (C=O) groups excluding carboxylic acids is 2. The first-order valence-electron chi connectivity index (χ1n) is 8.07. The molecular formula is C20H15N3O2S. The first-order chi connectivity index (χ1) is 12.6. The Balaban J connectivity index is 1.68. The summed E-state index contributed by atoms with van der Waals surface area (Å²) >= 11 is 1.25. The molecule has 1 unspecified atom stereocenters. The van der Waals surface area contributed by atoms with E-state index in [-0.39, 0.29) is 0 Å². The molecule has 2 amide bonds. The Bertz CT molecular complexity index is 1140. The lowest BCUT2D eigenvalue weighted by molar-refractivity contribution is -0.120. The topological polar surface area (TPSA) is 85.1 Å². The number of primary amides is 1. The van der Waals surface area contributed by atoms with Crippen molar-refractivity contribution in [2.45, 2.75) is 6.04 Å². The molecular weight excluding hydrogens is 346 g/mol. The Morgan fingerprint density at radius 2 is 1.69 bits per heavy atom. The smallest absolute Gasteiger partial charge is 0.272 e. The molecule has 26 heavy (non-hydrogen) atoms. The largest absolute Gasteiger partial charge is 0.368 e. The molecule has 0 aliphatic heterocycles. The highest BCUT2D eigenvalue weighted by Crippen LogP contribution is 2.24. The maximum Gasteiger partial charge on any atom is 0.272 e. The van der Waals surface area contributed by atoms with Gasteiger partial charge in [-0.2, -0.15) is 4.37 Å². The highest BCUT2D eigenvalue weighted by atomic mass is 32.1. The molecule has 0 radical (unpaired) electrons. The quantitative estimate of drug-likeness (QED) is 0.584. The number of hydrogen-bond acceptors (Lipinski definition) is 4. The number of nitrogens with one attached hydrogen (secondary N) is 1. The number of carbonyl (C=O) groups is 2. The van der Waals surface area contributed by atoms with Gasteiger partial charge >= 0.3 is 0 Å². The monoisotopic (exact) mass is 361 g/mol. The number of benzene rings is 3. The molecule has 3 N–H and O–H groups in total. The number of rotatable bonds is 4. The van der Waals surface area contributed by atoms with Crippen molar-refractivity contribution in [3.05, 3.63) is 78.0 Å². The summed E-state index contributed by atoms with van der Waals surface area (Å²) in [5.74, 6) is -1.03. The van der Waals surface area contributed by atoms with Crippen LogP contribution in [-0.4, -0.2) is 16.2 Å². The third-order valence-corrected chi connectivity index (χ3v) is 5.09. The Morgan fingerprint density at radius 1 is 0.962 bits per heavy atom. The van der Waals surface area contributed by atoms with Gasteiger partial charge < -0.3 is 11.1 Å². The summed E-state index contributed by atoms with van der Waals surface area (Å²) in [5, 5.41) is 5.51. The van der Waals surface area contributed by atoms with Gasteiger partial charge in [-0.1, -0.05) is 54.6 Å². The van der Waals surface area contributed by atoms with Crippen LogP contribution in [0.2, 0.25) is 0 Å². The van der Waals surface area contributed by atoms with E-state index in [0.717, 1.165) is 20.9 Å². The molecule has 0 bridgehead atoms. The van der Waals surface area contributed by atoms with E-state index in [4.69, 9.17) is 5.73 Å². The van der Waals surface area contributed by atoms with E-state index in [0.29, 0.717) is 11.3 Å². The van der Waals surface area contributed by atoms with Gasteiger partial charge in [-0.3, -0.25) is 9.59 Å². The lowest BCUT2D eigenvalue weighted by Gasteiger charge is -2.16. The number of nitrogens with zero attached hydrogens (tertiary/aromatic N) is 1. The zero-order chi connectivity index (χ0) is 18.1. The Labute approximate surface area is 153 Å². The first-order valence-corrected chi connectivity index (χ1v) is 8.84. The lowest BCUT2D eigenvalue weighted by atomic mass is 10.0. The average Bonchev–Trinajstić information content (AvgIpc) is 3.09. The maximum atomic E-state index is 12.7. The van der Waals surface area contributed by atoms with Crippen molar-refractivity contribution in [3.63, 3.8) is 0 Å². The van der Waals surface area contributed by atoms with Crippen molar-refractivity contribution < 1.29 is 9.59 Å². The lowest BCUT2D eigenvalue weighted by Crippen LogP contribution is -2.37. The molecule has 4 rings (SSSR count). The van der Waals surface area contributed by atoms with Crippen molar-refractivity contribution in [1.29, 1.82) is 0 Å². The van der Waals surface area contributed by atoms with Crippen LogP contribution in [0, 0.1) is 0 Å². The summed E-state index contributed by atoms with van der Waals surface area (Å²) in [6.07, 6.45) is 0. The van der Waals surface area contributed by atoms with Crippen LogP contribution in [0.5, 0.6) is 0 Å². The fourth-order valence-electron chi connectivity index (χ4n) is 2.96. The molecule has 4 aromatic rings. The highest BCUT2D eigenvalue weighted by molar-refractivity contribution is 7.13. The van der Waals surface area contributed by atoms with Gasteiger partial charge in [-0.15, -0.1) is 0 Å². The van der Waals surface area contributed by atoms with Gasteiger partial charge in [-0.05, 0) is 40.0 Å². The van der Waals surface area contributed by atoms with Gasteiger partial charge in [0.2, 0.25) is 5.91 Å². The Hall–Kier alpha value is -3.25. The number of nitrogens with two attached hydrogens (primary N) is 1. The molecule has 0 spiro atoms. The van der Waals surface area contributed by atoms with Crippen molar-refractivity contribution in [2.24, 2.45) is 5.73 Å². The van der Waals surface area contributed by atoms with Crippen molar-refractivity contribution >= 4 is 44.2 Å². The second-order valence-electron chi connectivity index (χ2n) is 5.94. The summed E-state index contributed by atoms with van der Waals surface area (Å²) in [6.45, 7) is 0. The SMILES string of the molecule is NC(=O)C(NC(=O)c1nsc2ccccc12)c1ccc2ccccc2c1. The molecule has 1 heterocycles. The van der Waals surface area contributed by atoms with E-state index in [1.54, 1.807) is 6.07 Å². The Kier molecular flexibility index (Phi) is 4.10. The summed E-state index contributed by atoms with van der Waals surface area (Å²) in [4.78, 5) is 24.7. The van der Waals surface area contributed by atoms with Gasteiger partial charge in [0.15, 0.2) is 0 Å². The minimum absolute atomic E-state index is 0.303. The first kappa shape index (κ1) is 16.2. The second kappa shape index (κ2) is 6.57. The summed E-state index contributed by atoms with van der Waals surface area (Å²) in [7, 11) is 0. The van der Waals surface area contributed by atoms with Crippen LogP contribution in [0.15, 0.2) is 66.7 Å². The predicted octanol–water partition coefficient (Wildman–Crippen LogP) is 3.41. The van der Waals surface area contributed by atoms with Crippen LogP contribution in [-0.2, 0) is 4.79 Å². The fourth-order valence-corrected chi connectivity index (χ4v) is 3.73. The zero-order valence-corrected chi connectivity index (χ0v) is 14.5. The molecule has 0 aliphatic carbocycles. The van der Waals surface area contributed by atoms with Crippen molar-refractivity contribution in [3.8, 4) is 0 Å².